The molecule has 0 unspecified atom stereocenters. The average Bonchev–Trinajstić information content (AvgIpc) is 2.43. The van der Waals surface area contributed by atoms with Crippen molar-refractivity contribution in [3.8, 4) is 0 Å². The summed E-state index contributed by atoms with van der Waals surface area (Å²) in [6.07, 6.45) is 5.22. The zero-order valence-electron chi connectivity index (χ0n) is 12.6. The van der Waals surface area contributed by atoms with E-state index in [4.69, 9.17) is 5.73 Å². The lowest BCUT2D eigenvalue weighted by Gasteiger charge is -2.35. The Kier molecular flexibility index (Phi) is 5.20. The Bertz CT molecular complexity index is 475. The highest BCUT2D eigenvalue weighted by atomic mass is 16.1. The minimum Gasteiger partial charge on any atom is -0.398 e. The van der Waals surface area contributed by atoms with E-state index in [-0.39, 0.29) is 5.56 Å². The summed E-state index contributed by atoms with van der Waals surface area (Å²) in [6, 6.07) is 3.92. The van der Waals surface area contributed by atoms with Crippen LogP contribution in [0.5, 0.6) is 0 Å². The summed E-state index contributed by atoms with van der Waals surface area (Å²) in [4.78, 5) is 16.5. The molecular weight excluding hydrogens is 252 g/mol. The van der Waals surface area contributed by atoms with Gasteiger partial charge in [-0.15, -0.1) is 0 Å². The highest BCUT2D eigenvalue weighted by molar-refractivity contribution is 5.33. The summed E-state index contributed by atoms with van der Waals surface area (Å²) in [5, 5.41) is 0. The largest absolute Gasteiger partial charge is 0.398 e. The molecule has 1 aliphatic rings. The first-order chi connectivity index (χ1) is 9.56. The molecule has 20 heavy (non-hydrogen) atoms. The summed E-state index contributed by atoms with van der Waals surface area (Å²) in [7, 11) is 4.32. The van der Waals surface area contributed by atoms with Gasteiger partial charge in [0.05, 0.1) is 0 Å². The number of nitrogens with two attached hydrogens (primary N) is 1. The Balaban J connectivity index is 1.74. The Morgan fingerprint density at radius 2 is 1.95 bits per heavy atom. The molecule has 2 rings (SSSR count). The number of aryl methyl sites for hydroxylation is 1. The van der Waals surface area contributed by atoms with Crippen LogP contribution < -0.4 is 11.3 Å². The molecule has 2 N–H and O–H groups in total. The summed E-state index contributed by atoms with van der Waals surface area (Å²) in [5.74, 6) is 0. The molecule has 0 amide bonds. The third-order valence-corrected chi connectivity index (χ3v) is 4.17. The standard InChI is InChI=1S/C15H26N4O/c1-17(2)14-6-10-18(11-7-14)8-3-9-19-12-13(16)4-5-15(19)20/h4-5,12,14H,3,6-11,16H2,1-2H3. The minimum atomic E-state index is 0.0329. The molecule has 1 saturated heterocycles. The molecule has 0 radical (unpaired) electrons. The van der Waals surface area contributed by atoms with Crippen LogP contribution in [0.15, 0.2) is 23.1 Å². The molecule has 5 nitrogen and oxygen atoms in total. The second kappa shape index (κ2) is 6.90. The zero-order valence-corrected chi connectivity index (χ0v) is 12.6. The van der Waals surface area contributed by atoms with Crippen molar-refractivity contribution in [1.29, 1.82) is 0 Å². The van der Waals surface area contributed by atoms with Crippen LogP contribution in [-0.2, 0) is 6.54 Å². The van der Waals surface area contributed by atoms with Gasteiger partial charge in [0.15, 0.2) is 0 Å². The Hall–Kier alpha value is -1.33. The monoisotopic (exact) mass is 278 g/mol. The third-order valence-electron chi connectivity index (χ3n) is 4.17. The number of aromatic nitrogens is 1. The van der Waals surface area contributed by atoms with E-state index in [0.717, 1.165) is 38.6 Å². The molecule has 2 heterocycles. The van der Waals surface area contributed by atoms with Crippen molar-refractivity contribution < 1.29 is 0 Å². The number of nitrogens with zero attached hydrogens (tertiary/aromatic N) is 3. The fourth-order valence-electron chi connectivity index (χ4n) is 2.85. The van der Waals surface area contributed by atoms with Gasteiger partial charge in [0.25, 0.3) is 5.56 Å². The van der Waals surface area contributed by atoms with Crippen molar-refractivity contribution in [2.24, 2.45) is 0 Å². The minimum absolute atomic E-state index is 0.0329. The molecule has 1 aliphatic heterocycles. The second-order valence-electron chi connectivity index (χ2n) is 5.88. The van der Waals surface area contributed by atoms with Crippen LogP contribution in [-0.4, -0.2) is 54.1 Å². The van der Waals surface area contributed by atoms with Gasteiger partial charge in [0.2, 0.25) is 0 Å². The highest BCUT2D eigenvalue weighted by Crippen LogP contribution is 2.14. The zero-order chi connectivity index (χ0) is 14.5. The van der Waals surface area contributed by atoms with Crippen molar-refractivity contribution in [1.82, 2.24) is 14.4 Å². The Morgan fingerprint density at radius 1 is 1.25 bits per heavy atom. The number of hydrogen-bond donors (Lipinski definition) is 1. The van der Waals surface area contributed by atoms with Gasteiger partial charge in [-0.1, -0.05) is 0 Å². The molecule has 1 fully saturated rings. The number of piperidine rings is 1. The topological polar surface area (TPSA) is 54.5 Å². The lowest BCUT2D eigenvalue weighted by Crippen LogP contribution is -2.42. The van der Waals surface area contributed by atoms with E-state index < -0.39 is 0 Å². The van der Waals surface area contributed by atoms with E-state index in [1.54, 1.807) is 16.8 Å². The van der Waals surface area contributed by atoms with Gasteiger partial charge in [-0.05, 0) is 59.1 Å². The van der Waals surface area contributed by atoms with Crippen LogP contribution in [0.3, 0.4) is 0 Å². The van der Waals surface area contributed by atoms with Gasteiger partial charge in [-0.2, -0.15) is 0 Å². The molecule has 0 aromatic carbocycles. The lowest BCUT2D eigenvalue weighted by molar-refractivity contribution is 0.142. The molecular formula is C15H26N4O. The van der Waals surface area contributed by atoms with Gasteiger partial charge in [-0.25, -0.2) is 0 Å². The number of rotatable bonds is 5. The first-order valence-electron chi connectivity index (χ1n) is 7.41. The number of hydrogen-bond acceptors (Lipinski definition) is 4. The molecule has 112 valence electrons. The maximum absolute atomic E-state index is 11.7. The summed E-state index contributed by atoms with van der Waals surface area (Å²) >= 11 is 0. The van der Waals surface area contributed by atoms with Crippen molar-refractivity contribution in [2.45, 2.75) is 31.8 Å². The van der Waals surface area contributed by atoms with E-state index in [0.29, 0.717) is 5.69 Å². The number of nitrogen functional groups attached to an aromatic ring is 1. The van der Waals surface area contributed by atoms with Crippen LogP contribution in [0.2, 0.25) is 0 Å². The van der Waals surface area contributed by atoms with Gasteiger partial charge in [0.1, 0.15) is 0 Å². The van der Waals surface area contributed by atoms with Crippen molar-refractivity contribution in [3.63, 3.8) is 0 Å². The second-order valence-corrected chi connectivity index (χ2v) is 5.88. The van der Waals surface area contributed by atoms with E-state index in [9.17, 15) is 4.79 Å². The van der Waals surface area contributed by atoms with Crippen LogP contribution in [0.1, 0.15) is 19.3 Å². The van der Waals surface area contributed by atoms with Crippen molar-refractivity contribution >= 4 is 5.69 Å². The van der Waals surface area contributed by atoms with Crippen LogP contribution in [0, 0.1) is 0 Å². The predicted molar refractivity (Wildman–Crippen MR) is 82.9 cm³/mol. The van der Waals surface area contributed by atoms with Crippen molar-refractivity contribution in [3.05, 3.63) is 28.7 Å². The highest BCUT2D eigenvalue weighted by Gasteiger charge is 2.19. The fourth-order valence-corrected chi connectivity index (χ4v) is 2.85. The molecule has 0 atom stereocenters. The SMILES string of the molecule is CN(C)C1CCN(CCCn2cc(N)ccc2=O)CC1. The smallest absolute Gasteiger partial charge is 0.250 e. The molecule has 0 spiro atoms. The number of pyridine rings is 1. The summed E-state index contributed by atoms with van der Waals surface area (Å²) in [6.45, 7) is 4.13. The van der Waals surface area contributed by atoms with E-state index >= 15 is 0 Å². The fraction of sp³-hybridized carbons (Fsp3) is 0.667. The van der Waals surface area contributed by atoms with E-state index in [2.05, 4.69) is 23.9 Å². The van der Waals surface area contributed by atoms with Crippen LogP contribution >= 0.6 is 0 Å². The maximum Gasteiger partial charge on any atom is 0.250 e. The van der Waals surface area contributed by atoms with Crippen LogP contribution in [0.4, 0.5) is 5.69 Å². The number of anilines is 1. The normalized spacial score (nSPS) is 17.8. The lowest BCUT2D eigenvalue weighted by atomic mass is 10.0. The first kappa shape index (κ1) is 15.1. The predicted octanol–water partition coefficient (Wildman–Crippen LogP) is 0.847. The van der Waals surface area contributed by atoms with Gasteiger partial charge in [-0.3, -0.25) is 4.79 Å². The molecule has 0 aliphatic carbocycles. The number of likely N-dealkylation sites (tertiary alicyclic amines) is 1. The van der Waals surface area contributed by atoms with Gasteiger partial charge < -0.3 is 20.1 Å². The summed E-state index contributed by atoms with van der Waals surface area (Å²) < 4.78 is 1.71. The molecule has 0 saturated carbocycles. The summed E-state index contributed by atoms with van der Waals surface area (Å²) in [5.41, 5.74) is 6.39. The first-order valence-corrected chi connectivity index (χ1v) is 7.41. The third kappa shape index (κ3) is 4.08. The van der Waals surface area contributed by atoms with Gasteiger partial charge in [0, 0.05) is 30.5 Å². The van der Waals surface area contributed by atoms with Crippen molar-refractivity contribution in [2.75, 3.05) is 39.5 Å². The molecule has 0 bridgehead atoms. The average molecular weight is 278 g/mol. The van der Waals surface area contributed by atoms with E-state index in [1.165, 1.54) is 18.9 Å². The maximum atomic E-state index is 11.7. The van der Waals surface area contributed by atoms with Crippen LogP contribution in [0.25, 0.3) is 0 Å². The van der Waals surface area contributed by atoms with E-state index in [1.807, 2.05) is 0 Å². The molecule has 5 heteroatoms. The molecule has 1 aromatic heterocycles. The molecule has 1 aromatic rings. The quantitative estimate of drug-likeness (QED) is 0.867. The Labute approximate surface area is 121 Å². The Morgan fingerprint density at radius 3 is 2.60 bits per heavy atom. The van der Waals surface area contributed by atoms with Gasteiger partial charge >= 0.3 is 0 Å².